The average Bonchev–Trinajstić information content (AvgIpc) is 1.75. The molecule has 0 aromatic heterocycles. The zero-order valence-corrected chi connectivity index (χ0v) is 8.35. The van der Waals surface area contributed by atoms with Crippen LogP contribution in [-0.2, 0) is 42.2 Å². The molecular formula is C5H12O2Y-2. The predicted octanol–water partition coefficient (Wildman–Crippen LogP) is 1.24. The summed E-state index contributed by atoms with van der Waals surface area (Å²) in [6, 6.07) is 0. The van der Waals surface area contributed by atoms with E-state index < -0.39 is 0 Å². The van der Waals surface area contributed by atoms with E-state index in [1.807, 2.05) is 0 Å². The van der Waals surface area contributed by atoms with Crippen LogP contribution >= 0.6 is 0 Å². The third-order valence-corrected chi connectivity index (χ3v) is 0.201. The summed E-state index contributed by atoms with van der Waals surface area (Å²) < 4.78 is 8.62. The first kappa shape index (κ1) is 16.0. The fourth-order valence-corrected chi connectivity index (χ4v) is 0.0833. The molecule has 0 saturated heterocycles. The number of rotatable bonds is 2. The van der Waals surface area contributed by atoms with Crippen LogP contribution in [-0.4, -0.2) is 13.9 Å². The molecule has 0 rings (SSSR count). The van der Waals surface area contributed by atoms with Crippen molar-refractivity contribution < 1.29 is 42.2 Å². The van der Waals surface area contributed by atoms with E-state index in [4.69, 9.17) is 0 Å². The second-order valence-corrected chi connectivity index (χ2v) is 0.611. The molecule has 3 heteroatoms. The topological polar surface area (TPSA) is 18.5 Å². The van der Waals surface area contributed by atoms with Crippen molar-refractivity contribution in [2.45, 2.75) is 6.92 Å². The molecule has 0 aromatic carbocycles. The van der Waals surface area contributed by atoms with Gasteiger partial charge in [-0.05, 0) is 0 Å². The van der Waals surface area contributed by atoms with Gasteiger partial charge in [0.05, 0.1) is 0 Å². The molecule has 8 heavy (non-hydrogen) atoms. The first-order chi connectivity index (χ1) is 3.41. The van der Waals surface area contributed by atoms with E-state index in [-0.39, 0.29) is 39.5 Å². The van der Waals surface area contributed by atoms with E-state index in [1.165, 1.54) is 0 Å². The molecule has 0 aliphatic rings. The maximum atomic E-state index is 4.41. The summed E-state index contributed by atoms with van der Waals surface area (Å²) in [5.74, 6) is 0. The second kappa shape index (κ2) is 24.4. The maximum Gasteiger partial charge on any atom is 0.116 e. The first-order valence-electron chi connectivity index (χ1n) is 1.98. The molecule has 0 saturated carbocycles. The monoisotopic (exact) mass is 193 g/mol. The third-order valence-electron chi connectivity index (χ3n) is 0.201. The van der Waals surface area contributed by atoms with Gasteiger partial charge in [-0.3, -0.25) is 0 Å². The van der Waals surface area contributed by atoms with Crippen molar-refractivity contribution in [1.82, 2.24) is 0 Å². The summed E-state index contributed by atoms with van der Waals surface area (Å²) in [5, 5.41) is 0. The number of hydrogen-bond acceptors (Lipinski definition) is 2. The molecule has 0 fully saturated rings. The Morgan fingerprint density at radius 2 is 1.75 bits per heavy atom. The normalized spacial score (nSPS) is 6.00. The van der Waals surface area contributed by atoms with Crippen molar-refractivity contribution in [3.05, 3.63) is 14.0 Å². The molecule has 0 heterocycles. The second-order valence-electron chi connectivity index (χ2n) is 0.611. The molecule has 2 nitrogen and oxygen atoms in total. The van der Waals surface area contributed by atoms with Gasteiger partial charge in [-0.15, -0.1) is 0 Å². The summed E-state index contributed by atoms with van der Waals surface area (Å²) in [5.41, 5.74) is 0. The van der Waals surface area contributed by atoms with E-state index in [9.17, 15) is 0 Å². The molecule has 49 valence electrons. The van der Waals surface area contributed by atoms with Gasteiger partial charge in [0.15, 0.2) is 0 Å². The van der Waals surface area contributed by atoms with E-state index in [0.717, 1.165) is 0 Å². The van der Waals surface area contributed by atoms with Crippen molar-refractivity contribution in [3.63, 3.8) is 0 Å². The molecule has 1 radical (unpaired) electrons. The third kappa shape index (κ3) is 27.9. The Balaban J connectivity index is -0.0000000750. The fraction of sp³-hybridized carbons (Fsp3) is 0.600. The van der Waals surface area contributed by atoms with Crippen LogP contribution in [0.5, 0.6) is 0 Å². The Labute approximate surface area is 76.8 Å². The van der Waals surface area contributed by atoms with Crippen LogP contribution in [0.3, 0.4) is 0 Å². The van der Waals surface area contributed by atoms with E-state index in [2.05, 4.69) is 23.5 Å². The largest absolute Gasteiger partial charge is 0.535 e. The quantitative estimate of drug-likeness (QED) is 0.485. The minimum atomic E-state index is 0. The van der Waals surface area contributed by atoms with Crippen molar-refractivity contribution in [2.24, 2.45) is 0 Å². The molecule has 0 aliphatic carbocycles. The van der Waals surface area contributed by atoms with E-state index in [1.54, 1.807) is 14.0 Å². The van der Waals surface area contributed by atoms with Gasteiger partial charge in [0, 0.05) is 39.8 Å². The van der Waals surface area contributed by atoms with Crippen molar-refractivity contribution in [1.29, 1.82) is 0 Å². The molecule has 0 spiro atoms. The summed E-state index contributed by atoms with van der Waals surface area (Å²) >= 11 is 0. The van der Waals surface area contributed by atoms with Gasteiger partial charge in [-0.2, -0.15) is 6.92 Å². The summed E-state index contributed by atoms with van der Waals surface area (Å²) in [6.45, 7) is 5.28. The van der Waals surface area contributed by atoms with Crippen molar-refractivity contribution >= 4 is 0 Å². The van der Waals surface area contributed by atoms with E-state index in [0.29, 0.717) is 0 Å². The molecule has 0 amide bonds. The minimum absolute atomic E-state index is 0. The summed E-state index contributed by atoms with van der Waals surface area (Å²) in [6.07, 6.45) is 0. The molecular weight excluding hydrogens is 181 g/mol. The van der Waals surface area contributed by atoms with Gasteiger partial charge in [0.1, 0.15) is 6.79 Å². The van der Waals surface area contributed by atoms with E-state index >= 15 is 0 Å². The van der Waals surface area contributed by atoms with Gasteiger partial charge in [0.2, 0.25) is 0 Å². The molecule has 0 N–H and O–H groups in total. The average molecular weight is 193 g/mol. The van der Waals surface area contributed by atoms with Gasteiger partial charge in [0.25, 0.3) is 0 Å². The molecule has 0 aromatic rings. The molecule has 0 unspecified atom stereocenters. The molecule has 0 atom stereocenters. The van der Waals surface area contributed by atoms with Crippen LogP contribution in [0.2, 0.25) is 0 Å². The van der Waals surface area contributed by atoms with Crippen molar-refractivity contribution in [2.75, 3.05) is 13.9 Å². The van der Waals surface area contributed by atoms with Crippen LogP contribution in [0.25, 0.3) is 0 Å². The Bertz CT molecular complexity index is 17.9. The first-order valence-corrected chi connectivity index (χ1v) is 1.98. The minimum Gasteiger partial charge on any atom is -0.535 e. The Morgan fingerprint density at radius 1 is 1.38 bits per heavy atom. The van der Waals surface area contributed by atoms with Gasteiger partial charge in [-0.25, -0.2) is 7.11 Å². The zero-order chi connectivity index (χ0) is 6.12. The Morgan fingerprint density at radius 3 is 1.75 bits per heavy atom. The molecule has 0 aliphatic heterocycles. The van der Waals surface area contributed by atoms with Gasteiger partial charge < -0.3 is 16.4 Å². The smallest absolute Gasteiger partial charge is 0.116 e. The predicted molar refractivity (Wildman–Crippen MR) is 29.3 cm³/mol. The standard InChI is InChI=1S/C3H7O2.C2H5.Y/c1-4-3-5-2;1-2;/h1,3H2,2H3;1H2,2H3;/q2*-1;. The maximum absolute atomic E-state index is 4.41. The van der Waals surface area contributed by atoms with Crippen LogP contribution < -0.4 is 0 Å². The van der Waals surface area contributed by atoms with Crippen molar-refractivity contribution in [3.8, 4) is 0 Å². The zero-order valence-electron chi connectivity index (χ0n) is 5.52. The number of hydrogen-bond donors (Lipinski definition) is 0. The summed E-state index contributed by atoms with van der Waals surface area (Å²) in [7, 11) is 4.60. The van der Waals surface area contributed by atoms with Gasteiger partial charge >= 0.3 is 0 Å². The molecule has 0 bridgehead atoms. The fourth-order valence-electron chi connectivity index (χ4n) is 0.0833. The van der Waals surface area contributed by atoms with Crippen LogP contribution in [0.1, 0.15) is 6.92 Å². The summed E-state index contributed by atoms with van der Waals surface area (Å²) in [4.78, 5) is 0. The number of methoxy groups -OCH3 is 1. The van der Waals surface area contributed by atoms with Crippen LogP contribution in [0.15, 0.2) is 0 Å². The Kier molecular flexibility index (Phi) is 48.9. The SMILES string of the molecule is [CH2-]C.[CH2-]OCOC.[Y]. The number of ether oxygens (including phenoxy) is 2. The van der Waals surface area contributed by atoms with Gasteiger partial charge in [-0.1, -0.05) is 0 Å². The Hall–Kier alpha value is 1.02. The van der Waals surface area contributed by atoms with Crippen LogP contribution in [0.4, 0.5) is 0 Å². The van der Waals surface area contributed by atoms with Crippen LogP contribution in [0, 0.1) is 14.0 Å².